The number of thiocarbonyl (C=S) groups is 1. The predicted octanol–water partition coefficient (Wildman–Crippen LogP) is 2.43. The first-order valence-corrected chi connectivity index (χ1v) is 8.20. The van der Waals surface area contributed by atoms with Crippen molar-refractivity contribution in [3.05, 3.63) is 0 Å². The monoisotopic (exact) mass is 332 g/mol. The molecule has 130 valence electrons. The van der Waals surface area contributed by atoms with Crippen LogP contribution in [0.25, 0.3) is 0 Å². The van der Waals surface area contributed by atoms with E-state index in [-0.39, 0.29) is 11.4 Å². The van der Waals surface area contributed by atoms with Crippen molar-refractivity contribution in [1.82, 2.24) is 10.6 Å². The average molecular weight is 333 g/mol. The molecule has 0 aromatic rings. The summed E-state index contributed by atoms with van der Waals surface area (Å²) in [5.74, 6) is 0.0292. The minimum Gasteiger partial charge on any atom is -0.374 e. The fraction of sp³-hybridized carbons (Fsp3) is 0.875. The second kappa shape index (κ2) is 9.43. The highest BCUT2D eigenvalue weighted by Gasteiger charge is 2.26. The lowest BCUT2D eigenvalue weighted by Gasteiger charge is -2.28. The third kappa shape index (κ3) is 10.1. The van der Waals surface area contributed by atoms with Crippen LogP contribution < -0.4 is 10.6 Å². The van der Waals surface area contributed by atoms with Gasteiger partial charge in [-0.25, -0.2) is 0 Å². The van der Waals surface area contributed by atoms with Gasteiger partial charge >= 0.3 is 0 Å². The molecule has 0 bridgehead atoms. The van der Waals surface area contributed by atoms with Crippen molar-refractivity contribution in [3.63, 3.8) is 0 Å². The number of Topliss-reactive ketones (excluding diaryl/α,β-unsaturated/α-hetero) is 1. The first-order chi connectivity index (χ1) is 9.96. The topological polar surface area (TPSA) is 59.6 Å². The number of carbonyl (C=O) groups is 1. The molecule has 0 rings (SSSR count). The molecule has 0 saturated carbocycles. The highest BCUT2D eigenvalue weighted by atomic mass is 32.1. The van der Waals surface area contributed by atoms with Crippen LogP contribution in [0.2, 0.25) is 0 Å². The normalized spacial score (nSPS) is 12.4. The van der Waals surface area contributed by atoms with Crippen molar-refractivity contribution in [2.75, 3.05) is 19.8 Å². The van der Waals surface area contributed by atoms with Gasteiger partial charge in [-0.15, -0.1) is 0 Å². The van der Waals surface area contributed by atoms with Crippen molar-refractivity contribution in [2.24, 2.45) is 0 Å². The molecule has 0 aliphatic carbocycles. The summed E-state index contributed by atoms with van der Waals surface area (Å²) in [7, 11) is 0. The summed E-state index contributed by atoms with van der Waals surface area (Å²) >= 11 is 5.14. The fourth-order valence-corrected chi connectivity index (χ4v) is 1.87. The first kappa shape index (κ1) is 21.3. The Morgan fingerprint density at radius 1 is 1.14 bits per heavy atom. The van der Waals surface area contributed by atoms with Gasteiger partial charge in [0.25, 0.3) is 0 Å². The molecular weight excluding hydrogens is 300 g/mol. The number of ketones is 1. The average Bonchev–Trinajstić information content (AvgIpc) is 2.33. The minimum absolute atomic E-state index is 0.0292. The quantitative estimate of drug-likeness (QED) is 0.473. The van der Waals surface area contributed by atoms with Gasteiger partial charge in [0.1, 0.15) is 5.60 Å². The zero-order valence-corrected chi connectivity index (χ0v) is 15.9. The number of ether oxygens (including phenoxy) is 2. The Morgan fingerprint density at radius 2 is 1.73 bits per heavy atom. The van der Waals surface area contributed by atoms with Crippen molar-refractivity contribution >= 4 is 23.1 Å². The largest absolute Gasteiger partial charge is 0.374 e. The van der Waals surface area contributed by atoms with Crippen LogP contribution in [0.15, 0.2) is 0 Å². The van der Waals surface area contributed by atoms with Crippen molar-refractivity contribution in [3.8, 4) is 0 Å². The van der Waals surface area contributed by atoms with Gasteiger partial charge in [0.2, 0.25) is 0 Å². The second-order valence-corrected chi connectivity index (χ2v) is 7.24. The zero-order valence-electron chi connectivity index (χ0n) is 15.0. The molecule has 0 aromatic heterocycles. The molecular formula is C16H32N2O3S. The van der Waals surface area contributed by atoms with Crippen LogP contribution in [0.4, 0.5) is 0 Å². The number of carbonyl (C=O) groups excluding carboxylic acids is 1. The van der Waals surface area contributed by atoms with Gasteiger partial charge in [-0.05, 0) is 67.1 Å². The smallest absolute Gasteiger partial charge is 0.166 e. The molecule has 0 fully saturated rings. The third-order valence-electron chi connectivity index (χ3n) is 3.32. The Kier molecular flexibility index (Phi) is 9.12. The van der Waals surface area contributed by atoms with Gasteiger partial charge in [-0.2, -0.15) is 0 Å². The number of nitrogens with one attached hydrogen (secondary N) is 2. The number of hydrogen-bond acceptors (Lipinski definition) is 4. The number of rotatable bonds is 10. The standard InChI is InChI=1S/C16H32N2O3S/c1-12(2)18-14(22)17-9-11-20-15(4,5)8-10-21-16(6,7)13(3)19/h12H,8-11H2,1-7H3,(H2,17,18,22). The lowest BCUT2D eigenvalue weighted by Crippen LogP contribution is -2.41. The fourth-order valence-electron chi connectivity index (χ4n) is 1.53. The van der Waals surface area contributed by atoms with Gasteiger partial charge in [-0.3, -0.25) is 4.79 Å². The van der Waals surface area contributed by atoms with E-state index in [2.05, 4.69) is 10.6 Å². The summed E-state index contributed by atoms with van der Waals surface area (Å²) in [6.45, 7) is 14.9. The van der Waals surface area contributed by atoms with E-state index in [0.717, 1.165) is 6.42 Å². The summed E-state index contributed by atoms with van der Waals surface area (Å²) in [6.07, 6.45) is 0.721. The summed E-state index contributed by atoms with van der Waals surface area (Å²) in [5, 5.41) is 6.86. The summed E-state index contributed by atoms with van der Waals surface area (Å²) in [4.78, 5) is 11.4. The van der Waals surface area contributed by atoms with Crippen LogP contribution in [0, 0.1) is 0 Å². The molecule has 0 aromatic carbocycles. The third-order valence-corrected chi connectivity index (χ3v) is 3.58. The molecule has 0 unspecified atom stereocenters. The zero-order chi connectivity index (χ0) is 17.4. The van der Waals surface area contributed by atoms with E-state index in [1.54, 1.807) is 20.8 Å². The molecule has 5 nitrogen and oxygen atoms in total. The Bertz CT molecular complexity index is 368. The summed E-state index contributed by atoms with van der Waals surface area (Å²) < 4.78 is 11.5. The van der Waals surface area contributed by atoms with Gasteiger partial charge < -0.3 is 20.1 Å². The summed E-state index contributed by atoms with van der Waals surface area (Å²) in [6, 6.07) is 0.319. The molecule has 0 heterocycles. The van der Waals surface area contributed by atoms with E-state index in [4.69, 9.17) is 21.7 Å². The van der Waals surface area contributed by atoms with Crippen molar-refractivity contribution < 1.29 is 14.3 Å². The van der Waals surface area contributed by atoms with Crippen LogP contribution in [-0.2, 0) is 14.3 Å². The van der Waals surface area contributed by atoms with Crippen LogP contribution >= 0.6 is 12.2 Å². The predicted molar refractivity (Wildman–Crippen MR) is 94.2 cm³/mol. The van der Waals surface area contributed by atoms with Crippen LogP contribution in [0.1, 0.15) is 54.9 Å². The highest BCUT2D eigenvalue weighted by molar-refractivity contribution is 7.80. The minimum atomic E-state index is -0.730. The van der Waals surface area contributed by atoms with E-state index in [0.29, 0.717) is 30.9 Å². The van der Waals surface area contributed by atoms with Gasteiger partial charge in [-0.1, -0.05) is 0 Å². The molecule has 2 N–H and O–H groups in total. The Morgan fingerprint density at radius 3 is 2.23 bits per heavy atom. The van der Waals surface area contributed by atoms with Gasteiger partial charge in [0.15, 0.2) is 10.9 Å². The molecule has 0 aliphatic heterocycles. The maximum absolute atomic E-state index is 11.4. The molecule has 0 atom stereocenters. The van der Waals surface area contributed by atoms with E-state index in [1.165, 1.54) is 0 Å². The highest BCUT2D eigenvalue weighted by Crippen LogP contribution is 2.17. The molecule has 0 aliphatic rings. The van der Waals surface area contributed by atoms with Gasteiger partial charge in [0, 0.05) is 12.6 Å². The van der Waals surface area contributed by atoms with Gasteiger partial charge in [0.05, 0.1) is 18.8 Å². The van der Waals surface area contributed by atoms with Crippen LogP contribution in [-0.4, -0.2) is 47.9 Å². The van der Waals surface area contributed by atoms with Crippen LogP contribution in [0.3, 0.4) is 0 Å². The van der Waals surface area contributed by atoms with E-state index in [9.17, 15) is 4.79 Å². The maximum Gasteiger partial charge on any atom is 0.166 e. The van der Waals surface area contributed by atoms with E-state index < -0.39 is 5.60 Å². The van der Waals surface area contributed by atoms with Crippen molar-refractivity contribution in [1.29, 1.82) is 0 Å². The maximum atomic E-state index is 11.4. The molecule has 0 radical (unpaired) electrons. The molecule has 22 heavy (non-hydrogen) atoms. The van der Waals surface area contributed by atoms with E-state index >= 15 is 0 Å². The Hall–Kier alpha value is -0.720. The summed E-state index contributed by atoms with van der Waals surface area (Å²) in [5.41, 5.74) is -1.03. The molecule has 0 amide bonds. The lowest BCUT2D eigenvalue weighted by atomic mass is 10.0. The van der Waals surface area contributed by atoms with Crippen LogP contribution in [0.5, 0.6) is 0 Å². The second-order valence-electron chi connectivity index (χ2n) is 6.83. The Labute approximate surface area is 140 Å². The SMILES string of the molecule is CC(=O)C(C)(C)OCCC(C)(C)OCCNC(=S)NC(C)C. The number of hydrogen-bond donors (Lipinski definition) is 2. The lowest BCUT2D eigenvalue weighted by molar-refractivity contribution is -0.140. The molecule has 6 heteroatoms. The first-order valence-electron chi connectivity index (χ1n) is 7.79. The molecule has 0 spiro atoms. The van der Waals surface area contributed by atoms with Crippen molar-refractivity contribution in [2.45, 2.75) is 72.1 Å². The van der Waals surface area contributed by atoms with E-state index in [1.807, 2.05) is 27.7 Å². The molecule has 0 saturated heterocycles. The Balaban J connectivity index is 3.91.